The predicted molar refractivity (Wildman–Crippen MR) is 137 cm³/mol. The number of rotatable bonds is 5. The van der Waals surface area contributed by atoms with Gasteiger partial charge in [0.25, 0.3) is 5.89 Å². The number of carbonyl (C=O) groups is 1. The summed E-state index contributed by atoms with van der Waals surface area (Å²) in [6.45, 7) is 0.521. The number of nitrogens with one attached hydrogen (secondary N) is 1. The lowest BCUT2D eigenvalue weighted by Crippen LogP contribution is -2.47. The number of carbonyl (C=O) groups excluding carboxylic acids is 1. The smallest absolute Gasteiger partial charge is 0.250 e. The van der Waals surface area contributed by atoms with Crippen molar-refractivity contribution in [2.45, 2.75) is 35.2 Å². The SMILES string of the molecule is CS(=O)(=O)N1CC2CC2(c2nnc(-c3cc4c(cc3F)S(=O)(=O)N[C@@H](N)C(=O)C4Cc3ccc(Cl)cc3)o2)C1. The lowest BCUT2D eigenvalue weighted by molar-refractivity contribution is -0.122. The highest BCUT2D eigenvalue weighted by Crippen LogP contribution is 2.59. The molecule has 4 atom stereocenters. The van der Waals surface area contributed by atoms with Gasteiger partial charge in [-0.3, -0.25) is 4.79 Å². The van der Waals surface area contributed by atoms with E-state index in [4.69, 9.17) is 21.8 Å². The zero-order valence-corrected chi connectivity index (χ0v) is 22.9. The van der Waals surface area contributed by atoms with E-state index in [1.165, 1.54) is 10.4 Å². The van der Waals surface area contributed by atoms with Crippen molar-refractivity contribution in [2.24, 2.45) is 11.7 Å². The molecule has 15 heteroatoms. The Morgan fingerprint density at radius 1 is 1.26 bits per heavy atom. The molecule has 3 aromatic rings. The van der Waals surface area contributed by atoms with Gasteiger partial charge in [0, 0.05) is 18.1 Å². The number of nitrogens with zero attached hydrogens (tertiary/aromatic N) is 3. The van der Waals surface area contributed by atoms with E-state index in [-0.39, 0.29) is 41.8 Å². The number of benzene rings is 2. The molecule has 206 valence electrons. The number of piperidine rings is 1. The fourth-order valence-corrected chi connectivity index (χ4v) is 7.91. The Hall–Kier alpha value is -2.75. The van der Waals surface area contributed by atoms with Gasteiger partial charge >= 0.3 is 0 Å². The summed E-state index contributed by atoms with van der Waals surface area (Å²) in [4.78, 5) is 12.8. The zero-order chi connectivity index (χ0) is 27.9. The lowest BCUT2D eigenvalue weighted by Gasteiger charge is -2.18. The van der Waals surface area contributed by atoms with Crippen molar-refractivity contribution in [1.29, 1.82) is 0 Å². The largest absolute Gasteiger partial charge is 0.420 e. The zero-order valence-electron chi connectivity index (χ0n) is 20.5. The van der Waals surface area contributed by atoms with Gasteiger partial charge in [-0.15, -0.1) is 10.2 Å². The second-order valence-electron chi connectivity index (χ2n) is 10.3. The maximum atomic E-state index is 15.4. The summed E-state index contributed by atoms with van der Waals surface area (Å²) in [7, 11) is -7.73. The van der Waals surface area contributed by atoms with Crippen molar-refractivity contribution in [3.8, 4) is 11.5 Å². The molecule has 1 aromatic heterocycles. The molecule has 3 N–H and O–H groups in total. The van der Waals surface area contributed by atoms with Crippen molar-refractivity contribution in [3.63, 3.8) is 0 Å². The second-order valence-corrected chi connectivity index (χ2v) is 14.4. The van der Waals surface area contributed by atoms with E-state index in [0.29, 0.717) is 23.6 Å². The van der Waals surface area contributed by atoms with Gasteiger partial charge in [0.15, 0.2) is 5.78 Å². The first-order valence-electron chi connectivity index (χ1n) is 12.0. The number of fused-ring (bicyclic) bond motifs is 2. The monoisotopic (exact) mass is 595 g/mol. The van der Waals surface area contributed by atoms with Crippen LogP contribution < -0.4 is 10.5 Å². The molecule has 0 spiro atoms. The normalized spacial score (nSPS) is 28.1. The number of halogens is 2. The van der Waals surface area contributed by atoms with Crippen molar-refractivity contribution in [3.05, 3.63) is 64.3 Å². The Morgan fingerprint density at radius 3 is 2.64 bits per heavy atom. The lowest BCUT2D eigenvalue weighted by atomic mass is 9.86. The Kier molecular flexibility index (Phi) is 6.03. The van der Waals surface area contributed by atoms with E-state index in [2.05, 4.69) is 14.9 Å². The highest BCUT2D eigenvalue weighted by molar-refractivity contribution is 7.89. The fourth-order valence-electron chi connectivity index (χ4n) is 5.52. The summed E-state index contributed by atoms with van der Waals surface area (Å²) in [6, 6.07) is 8.74. The van der Waals surface area contributed by atoms with Crippen LogP contribution in [-0.2, 0) is 36.7 Å². The van der Waals surface area contributed by atoms with E-state index in [9.17, 15) is 21.6 Å². The van der Waals surface area contributed by atoms with Gasteiger partial charge in [0.2, 0.25) is 25.9 Å². The molecular formula is C24H23ClFN5O6S2. The van der Waals surface area contributed by atoms with Crippen LogP contribution in [0.1, 0.15) is 29.4 Å². The van der Waals surface area contributed by atoms with Crippen molar-refractivity contribution in [2.75, 3.05) is 19.3 Å². The summed E-state index contributed by atoms with van der Waals surface area (Å²) in [5.41, 5.74) is 5.79. The average Bonchev–Trinajstić information content (AvgIpc) is 3.20. The Bertz CT molecular complexity index is 1730. The molecule has 3 aliphatic rings. The molecule has 1 saturated carbocycles. The van der Waals surface area contributed by atoms with Gasteiger partial charge in [0.1, 0.15) is 12.0 Å². The minimum Gasteiger partial charge on any atom is -0.420 e. The van der Waals surface area contributed by atoms with Crippen molar-refractivity contribution < 1.29 is 30.4 Å². The molecule has 2 fully saturated rings. The number of sulfonamides is 2. The van der Waals surface area contributed by atoms with Crippen LogP contribution >= 0.6 is 11.6 Å². The molecule has 0 amide bonds. The van der Waals surface area contributed by atoms with Crippen LogP contribution in [0.2, 0.25) is 5.02 Å². The number of Topliss-reactive ketones (excluding diaryl/α,β-unsaturated/α-hetero) is 1. The molecule has 2 aliphatic heterocycles. The summed E-state index contributed by atoms with van der Waals surface area (Å²) < 4.78 is 74.7. The number of hydrogen-bond donors (Lipinski definition) is 2. The molecule has 1 aliphatic carbocycles. The third-order valence-electron chi connectivity index (χ3n) is 7.71. The number of ketones is 1. The predicted octanol–water partition coefficient (Wildman–Crippen LogP) is 1.53. The van der Waals surface area contributed by atoms with Crippen LogP contribution in [-0.4, -0.2) is 62.6 Å². The molecule has 6 rings (SSSR count). The molecule has 11 nitrogen and oxygen atoms in total. The van der Waals surface area contributed by atoms with Crippen LogP contribution in [0.4, 0.5) is 4.39 Å². The topological polar surface area (TPSA) is 166 Å². The quantitative estimate of drug-likeness (QED) is 0.445. The molecule has 3 unspecified atom stereocenters. The number of hydrogen-bond acceptors (Lipinski definition) is 9. The first kappa shape index (κ1) is 26.5. The Balaban J connectivity index is 1.42. The van der Waals surface area contributed by atoms with E-state index >= 15 is 4.39 Å². The maximum absolute atomic E-state index is 15.4. The van der Waals surface area contributed by atoms with Gasteiger partial charge < -0.3 is 10.2 Å². The fraction of sp³-hybridized carbons (Fsp3) is 0.375. The highest BCUT2D eigenvalue weighted by atomic mass is 35.5. The first-order chi connectivity index (χ1) is 18.3. The van der Waals surface area contributed by atoms with Gasteiger partial charge in [-0.1, -0.05) is 23.7 Å². The van der Waals surface area contributed by atoms with Crippen LogP contribution in [0, 0.1) is 11.7 Å². The van der Waals surface area contributed by atoms with Gasteiger partial charge in [0.05, 0.1) is 28.0 Å². The van der Waals surface area contributed by atoms with E-state index in [0.717, 1.165) is 12.3 Å². The summed E-state index contributed by atoms with van der Waals surface area (Å²) in [5.74, 6) is -2.59. The minimum atomic E-state index is -4.33. The summed E-state index contributed by atoms with van der Waals surface area (Å²) in [5, 5.41) is 8.58. The standard InChI is InChI=1S/C24H23ClFN5O6S2/c1-38(33,34)31-10-13-9-24(13,11-31)23-29-28-22(37-23)17-7-15-16(6-12-2-4-14(25)5-3-12)20(32)21(27)30-39(35,36)19(15)8-18(17)26/h2-5,7-8,13,16,21,30H,6,9-11,27H2,1H3/t13?,16?,21-,24?/m1/s1. The number of nitrogens with two attached hydrogens (primary N) is 1. The molecule has 0 bridgehead atoms. The Morgan fingerprint density at radius 2 is 1.97 bits per heavy atom. The van der Waals surface area contributed by atoms with Gasteiger partial charge in [-0.25, -0.2) is 25.5 Å². The highest BCUT2D eigenvalue weighted by Gasteiger charge is 2.65. The second kappa shape index (κ2) is 8.88. The molecule has 2 aromatic carbocycles. The molecule has 0 radical (unpaired) electrons. The average molecular weight is 596 g/mol. The third-order valence-corrected chi connectivity index (χ3v) is 10.7. The van der Waals surface area contributed by atoms with E-state index < -0.39 is 54.0 Å². The van der Waals surface area contributed by atoms with Gasteiger partial charge in [-0.2, -0.15) is 4.72 Å². The molecule has 1 saturated heterocycles. The van der Waals surface area contributed by atoms with Crippen molar-refractivity contribution >= 4 is 37.4 Å². The maximum Gasteiger partial charge on any atom is 0.250 e. The van der Waals surface area contributed by atoms with Crippen molar-refractivity contribution in [1.82, 2.24) is 19.2 Å². The van der Waals surface area contributed by atoms with E-state index in [1.807, 2.05) is 0 Å². The van der Waals surface area contributed by atoms with Crippen LogP contribution in [0.25, 0.3) is 11.5 Å². The summed E-state index contributed by atoms with van der Waals surface area (Å²) in [6.07, 6.45) is 0.339. The molecule has 3 heterocycles. The van der Waals surface area contributed by atoms with Crippen LogP contribution in [0.5, 0.6) is 0 Å². The number of aromatic nitrogens is 2. The van der Waals surface area contributed by atoms with Crippen LogP contribution in [0.3, 0.4) is 0 Å². The Labute approximate surface area is 228 Å². The summed E-state index contributed by atoms with van der Waals surface area (Å²) >= 11 is 5.98. The minimum absolute atomic E-state index is 0.0106. The molecular weight excluding hydrogens is 573 g/mol. The van der Waals surface area contributed by atoms with E-state index in [1.54, 1.807) is 24.3 Å². The van der Waals surface area contributed by atoms with Gasteiger partial charge in [-0.05, 0) is 54.2 Å². The van der Waals surface area contributed by atoms with Crippen LogP contribution in [0.15, 0.2) is 45.7 Å². The molecule has 39 heavy (non-hydrogen) atoms. The third kappa shape index (κ3) is 4.48. The first-order valence-corrected chi connectivity index (χ1v) is 15.7.